The highest BCUT2D eigenvalue weighted by molar-refractivity contribution is 5.92. The summed E-state index contributed by atoms with van der Waals surface area (Å²) in [7, 11) is 1.42. The normalized spacial score (nSPS) is 27.0. The topological polar surface area (TPSA) is 61.8 Å². The van der Waals surface area contributed by atoms with Gasteiger partial charge in [-0.05, 0) is 31.7 Å². The summed E-state index contributed by atoms with van der Waals surface area (Å²) in [6.07, 6.45) is 4.34. The van der Waals surface area contributed by atoms with Crippen molar-refractivity contribution in [2.45, 2.75) is 57.5 Å². The van der Waals surface area contributed by atoms with Gasteiger partial charge in [-0.2, -0.15) is 0 Å². The first-order valence-corrected chi connectivity index (χ1v) is 8.68. The van der Waals surface area contributed by atoms with Gasteiger partial charge in [-0.3, -0.25) is 9.59 Å². The number of allylic oxidation sites excluding steroid dienone is 1. The van der Waals surface area contributed by atoms with Crippen molar-refractivity contribution in [1.29, 1.82) is 0 Å². The number of esters is 1. The number of carbonyl (C=O) groups excluding carboxylic acids is 2. The van der Waals surface area contributed by atoms with Crippen LogP contribution in [0.1, 0.15) is 38.2 Å². The number of ketones is 1. The van der Waals surface area contributed by atoms with Crippen molar-refractivity contribution in [2.75, 3.05) is 7.11 Å². The summed E-state index contributed by atoms with van der Waals surface area (Å²) in [5.41, 5.74) is 0.983. The Labute approximate surface area is 149 Å². The van der Waals surface area contributed by atoms with Crippen LogP contribution in [0, 0.1) is 0 Å². The molecule has 1 aliphatic heterocycles. The second-order valence-electron chi connectivity index (χ2n) is 6.21. The zero-order valence-corrected chi connectivity index (χ0v) is 14.9. The Morgan fingerprint density at radius 3 is 2.68 bits per heavy atom. The first kappa shape index (κ1) is 19.3. The lowest BCUT2D eigenvalue weighted by atomic mass is 10.0. The molecule has 0 saturated heterocycles. The molecule has 136 valence electrons. The maximum Gasteiger partial charge on any atom is 0.309 e. The predicted molar refractivity (Wildman–Crippen MR) is 94.0 cm³/mol. The Morgan fingerprint density at radius 1 is 1.20 bits per heavy atom. The van der Waals surface area contributed by atoms with Gasteiger partial charge in [0, 0.05) is 7.11 Å². The summed E-state index contributed by atoms with van der Waals surface area (Å²) in [5.74, 6) is -0.682. The van der Waals surface area contributed by atoms with Crippen molar-refractivity contribution < 1.29 is 23.8 Å². The summed E-state index contributed by atoms with van der Waals surface area (Å²) in [6.45, 7) is 2.18. The average Bonchev–Trinajstić information content (AvgIpc) is 2.61. The van der Waals surface area contributed by atoms with Crippen molar-refractivity contribution in [3.8, 4) is 0 Å². The number of methoxy groups -OCH3 is 1. The molecule has 0 radical (unpaired) electrons. The van der Waals surface area contributed by atoms with Crippen LogP contribution >= 0.6 is 0 Å². The molecule has 0 amide bonds. The molecular weight excluding hydrogens is 320 g/mol. The Balaban J connectivity index is 2.10. The molecule has 0 fully saturated rings. The van der Waals surface area contributed by atoms with Gasteiger partial charge in [0.15, 0.2) is 5.78 Å². The molecule has 5 heteroatoms. The van der Waals surface area contributed by atoms with E-state index >= 15 is 0 Å². The fraction of sp³-hybridized carbons (Fsp3) is 0.500. The zero-order chi connectivity index (χ0) is 18.1. The highest BCUT2D eigenvalue weighted by atomic mass is 16.5. The lowest BCUT2D eigenvalue weighted by Gasteiger charge is -2.21. The van der Waals surface area contributed by atoms with Crippen LogP contribution in [0.15, 0.2) is 42.5 Å². The molecule has 25 heavy (non-hydrogen) atoms. The van der Waals surface area contributed by atoms with Gasteiger partial charge in [-0.25, -0.2) is 0 Å². The smallest absolute Gasteiger partial charge is 0.309 e. The maximum atomic E-state index is 12.7. The SMILES string of the molecule is COC1CC(=O)OC(C)CCC/C=C/[C@H](OCc2ccccc2)C1=O. The van der Waals surface area contributed by atoms with Crippen LogP contribution in [-0.2, 0) is 30.4 Å². The third kappa shape index (κ3) is 6.44. The molecular formula is C20H26O5. The summed E-state index contributed by atoms with van der Waals surface area (Å²) < 4.78 is 16.4. The minimum absolute atomic E-state index is 0.0985. The van der Waals surface area contributed by atoms with Crippen molar-refractivity contribution in [3.05, 3.63) is 48.0 Å². The molecule has 0 bridgehead atoms. The molecule has 0 saturated carbocycles. The molecule has 1 heterocycles. The van der Waals surface area contributed by atoms with E-state index in [0.29, 0.717) is 6.61 Å². The van der Waals surface area contributed by atoms with Crippen molar-refractivity contribution >= 4 is 11.8 Å². The van der Waals surface area contributed by atoms with Gasteiger partial charge in [0.1, 0.15) is 12.2 Å². The molecule has 1 aliphatic rings. The number of cyclic esters (lactones) is 1. The van der Waals surface area contributed by atoms with Gasteiger partial charge in [-0.1, -0.05) is 42.5 Å². The van der Waals surface area contributed by atoms with E-state index in [1.54, 1.807) is 6.08 Å². The second kappa shape index (κ2) is 10.1. The number of benzene rings is 1. The van der Waals surface area contributed by atoms with E-state index in [1.807, 2.05) is 43.3 Å². The van der Waals surface area contributed by atoms with E-state index in [-0.39, 0.29) is 18.3 Å². The molecule has 0 N–H and O–H groups in total. The molecule has 0 spiro atoms. The van der Waals surface area contributed by atoms with E-state index in [0.717, 1.165) is 24.8 Å². The van der Waals surface area contributed by atoms with Crippen LogP contribution < -0.4 is 0 Å². The summed E-state index contributed by atoms with van der Waals surface area (Å²) in [6, 6.07) is 9.66. The average molecular weight is 346 g/mol. The van der Waals surface area contributed by atoms with Gasteiger partial charge in [0.25, 0.3) is 0 Å². The number of ether oxygens (including phenoxy) is 3. The first-order chi connectivity index (χ1) is 12.1. The van der Waals surface area contributed by atoms with E-state index in [2.05, 4.69) is 0 Å². The second-order valence-corrected chi connectivity index (χ2v) is 6.21. The van der Waals surface area contributed by atoms with Gasteiger partial charge in [-0.15, -0.1) is 0 Å². The number of carbonyl (C=O) groups is 2. The Bertz CT molecular complexity index is 581. The van der Waals surface area contributed by atoms with E-state index in [4.69, 9.17) is 14.2 Å². The predicted octanol–water partition coefficient (Wildman–Crippen LogP) is 3.22. The quantitative estimate of drug-likeness (QED) is 0.619. The number of hydrogen-bond acceptors (Lipinski definition) is 5. The standard InChI is InChI=1S/C20H26O5/c1-15-9-5-3-8-12-17(24-14-16-10-6-4-7-11-16)20(22)18(23-2)13-19(21)25-15/h4,6-8,10-12,15,17-18H,3,5,9,13-14H2,1-2H3/b12-8+/t15?,17-,18?/m0/s1. The Kier molecular flexibility index (Phi) is 7.82. The molecule has 2 rings (SSSR count). The third-order valence-electron chi connectivity index (χ3n) is 4.13. The van der Waals surface area contributed by atoms with E-state index in [1.165, 1.54) is 7.11 Å². The van der Waals surface area contributed by atoms with Crippen LogP contribution in [0.5, 0.6) is 0 Å². The Morgan fingerprint density at radius 2 is 1.96 bits per heavy atom. The van der Waals surface area contributed by atoms with Crippen LogP contribution in [0.2, 0.25) is 0 Å². The van der Waals surface area contributed by atoms with Gasteiger partial charge >= 0.3 is 5.97 Å². The van der Waals surface area contributed by atoms with Crippen molar-refractivity contribution in [2.24, 2.45) is 0 Å². The molecule has 0 aromatic heterocycles. The maximum absolute atomic E-state index is 12.7. The highest BCUT2D eigenvalue weighted by Gasteiger charge is 2.29. The van der Waals surface area contributed by atoms with E-state index in [9.17, 15) is 9.59 Å². The summed E-state index contributed by atoms with van der Waals surface area (Å²) in [5, 5.41) is 0. The first-order valence-electron chi connectivity index (χ1n) is 8.68. The summed E-state index contributed by atoms with van der Waals surface area (Å²) in [4.78, 5) is 24.7. The van der Waals surface area contributed by atoms with Gasteiger partial charge < -0.3 is 14.2 Å². The number of rotatable bonds is 4. The zero-order valence-electron chi connectivity index (χ0n) is 14.9. The third-order valence-corrected chi connectivity index (χ3v) is 4.13. The molecule has 5 nitrogen and oxygen atoms in total. The molecule has 1 aromatic rings. The van der Waals surface area contributed by atoms with Crippen LogP contribution in [0.4, 0.5) is 0 Å². The van der Waals surface area contributed by atoms with E-state index < -0.39 is 18.2 Å². The lowest BCUT2D eigenvalue weighted by Crippen LogP contribution is -2.36. The van der Waals surface area contributed by atoms with Crippen molar-refractivity contribution in [1.82, 2.24) is 0 Å². The lowest BCUT2D eigenvalue weighted by molar-refractivity contribution is -0.156. The number of hydrogen-bond donors (Lipinski definition) is 0. The fourth-order valence-electron chi connectivity index (χ4n) is 2.70. The van der Waals surface area contributed by atoms with Gasteiger partial charge in [0.05, 0.1) is 19.1 Å². The molecule has 1 aromatic carbocycles. The monoisotopic (exact) mass is 346 g/mol. The number of Topliss-reactive ketones (excluding diaryl/α,β-unsaturated/α-hetero) is 1. The van der Waals surface area contributed by atoms with Crippen LogP contribution in [0.25, 0.3) is 0 Å². The molecule has 2 unspecified atom stereocenters. The molecule has 3 atom stereocenters. The van der Waals surface area contributed by atoms with Gasteiger partial charge in [0.2, 0.25) is 0 Å². The fourth-order valence-corrected chi connectivity index (χ4v) is 2.70. The largest absolute Gasteiger partial charge is 0.463 e. The minimum atomic E-state index is -0.871. The van der Waals surface area contributed by atoms with Crippen LogP contribution in [0.3, 0.4) is 0 Å². The minimum Gasteiger partial charge on any atom is -0.463 e. The van der Waals surface area contributed by atoms with Crippen molar-refractivity contribution in [3.63, 3.8) is 0 Å². The summed E-state index contributed by atoms with van der Waals surface area (Å²) >= 11 is 0. The molecule has 0 aliphatic carbocycles. The Hall–Kier alpha value is -1.98. The highest BCUT2D eigenvalue weighted by Crippen LogP contribution is 2.15. The van der Waals surface area contributed by atoms with Crippen LogP contribution in [-0.4, -0.2) is 37.2 Å².